The van der Waals surface area contributed by atoms with Gasteiger partial charge in [0.1, 0.15) is 5.82 Å². The minimum absolute atomic E-state index is 0.0137. The lowest BCUT2D eigenvalue weighted by molar-refractivity contribution is -0.147. The number of anilines is 1. The molecule has 34 heavy (non-hydrogen) atoms. The zero-order chi connectivity index (χ0) is 24.1. The normalized spacial score (nSPS) is 12.8. The Hall–Kier alpha value is -3.70. The van der Waals surface area contributed by atoms with Gasteiger partial charge in [-0.2, -0.15) is 5.26 Å². The highest BCUT2D eigenvalue weighted by Crippen LogP contribution is 2.35. The van der Waals surface area contributed by atoms with Crippen LogP contribution < -0.4 is 10.5 Å². The summed E-state index contributed by atoms with van der Waals surface area (Å²) in [6, 6.07) is 16.0. The molecule has 1 heterocycles. The number of carbonyl (C=O) groups is 2. The van der Waals surface area contributed by atoms with E-state index in [1.165, 1.54) is 4.90 Å². The van der Waals surface area contributed by atoms with Crippen LogP contribution in [0.15, 0.2) is 53.3 Å². The molecule has 0 bridgehead atoms. The Morgan fingerprint density at radius 3 is 2.74 bits per heavy atom. The van der Waals surface area contributed by atoms with E-state index in [1.807, 2.05) is 12.1 Å². The number of halogens is 1. The van der Waals surface area contributed by atoms with Gasteiger partial charge in [-0.05, 0) is 43.2 Å². The number of fused-ring (bicyclic) bond motifs is 1. The summed E-state index contributed by atoms with van der Waals surface area (Å²) < 4.78 is 6.89. The first-order chi connectivity index (χ1) is 16.5. The predicted octanol–water partition coefficient (Wildman–Crippen LogP) is 3.81. The fraction of sp³-hybridized carbons (Fsp3) is 0.320. The molecule has 174 valence electrons. The first-order valence-electron chi connectivity index (χ1n) is 11.1. The third kappa shape index (κ3) is 5.43. The average Bonchev–Trinajstić information content (AvgIpc) is 3.67. The van der Waals surface area contributed by atoms with Gasteiger partial charge in [-0.1, -0.05) is 29.8 Å². The van der Waals surface area contributed by atoms with Crippen LogP contribution in [0.25, 0.3) is 10.9 Å². The minimum Gasteiger partial charge on any atom is -0.456 e. The SMILES string of the molecule is N#CCCN(C(=O)COC(=O)CCc1nc2ccccc2c(=O)n1C1CC1)c1cccc(Cl)c1. The number of rotatable bonds is 9. The third-order valence-corrected chi connectivity index (χ3v) is 5.81. The third-order valence-electron chi connectivity index (χ3n) is 5.57. The van der Waals surface area contributed by atoms with Crippen molar-refractivity contribution >= 4 is 40.1 Å². The number of aromatic nitrogens is 2. The van der Waals surface area contributed by atoms with E-state index in [-0.39, 0.29) is 37.4 Å². The Kier molecular flexibility index (Phi) is 7.24. The number of para-hydroxylation sites is 1. The number of nitrogens with zero attached hydrogens (tertiary/aromatic N) is 4. The topological polar surface area (TPSA) is 105 Å². The second-order valence-electron chi connectivity index (χ2n) is 8.05. The van der Waals surface area contributed by atoms with Crippen LogP contribution in [0, 0.1) is 11.3 Å². The number of carbonyl (C=O) groups excluding carboxylic acids is 2. The molecule has 0 radical (unpaired) electrons. The molecule has 9 heteroatoms. The molecular weight excluding hydrogens is 456 g/mol. The van der Waals surface area contributed by atoms with E-state index in [1.54, 1.807) is 47.0 Å². The van der Waals surface area contributed by atoms with Gasteiger partial charge < -0.3 is 9.64 Å². The Labute approximate surface area is 201 Å². The zero-order valence-electron chi connectivity index (χ0n) is 18.4. The number of benzene rings is 2. The number of aryl methyl sites for hydroxylation is 1. The molecule has 1 saturated carbocycles. The first-order valence-corrected chi connectivity index (χ1v) is 11.4. The lowest BCUT2D eigenvalue weighted by atomic mass is 10.2. The Morgan fingerprint density at radius 2 is 2.00 bits per heavy atom. The Bertz CT molecular complexity index is 1330. The molecule has 0 spiro atoms. The van der Waals surface area contributed by atoms with E-state index in [4.69, 9.17) is 21.6 Å². The van der Waals surface area contributed by atoms with Crippen molar-refractivity contribution in [2.75, 3.05) is 18.1 Å². The maximum absolute atomic E-state index is 12.9. The van der Waals surface area contributed by atoms with Gasteiger partial charge in [0.05, 0.1) is 29.8 Å². The summed E-state index contributed by atoms with van der Waals surface area (Å²) in [7, 11) is 0. The molecule has 1 amide bonds. The first kappa shape index (κ1) is 23.5. The molecule has 8 nitrogen and oxygen atoms in total. The van der Waals surface area contributed by atoms with Crippen molar-refractivity contribution in [1.82, 2.24) is 9.55 Å². The monoisotopic (exact) mass is 478 g/mol. The number of hydrogen-bond acceptors (Lipinski definition) is 6. The van der Waals surface area contributed by atoms with Crippen molar-refractivity contribution in [3.05, 3.63) is 69.7 Å². The highest BCUT2D eigenvalue weighted by molar-refractivity contribution is 6.30. The summed E-state index contributed by atoms with van der Waals surface area (Å²) in [5, 5.41) is 9.93. The molecule has 0 N–H and O–H groups in total. The predicted molar refractivity (Wildman–Crippen MR) is 128 cm³/mol. The number of ether oxygens (including phenoxy) is 1. The number of nitriles is 1. The number of hydrogen-bond donors (Lipinski definition) is 0. The van der Waals surface area contributed by atoms with Crippen molar-refractivity contribution in [2.24, 2.45) is 0 Å². The molecular formula is C25H23ClN4O4. The van der Waals surface area contributed by atoms with Gasteiger partial charge in [-0.25, -0.2) is 4.98 Å². The van der Waals surface area contributed by atoms with Crippen LogP contribution in [0.5, 0.6) is 0 Å². The van der Waals surface area contributed by atoms with E-state index < -0.39 is 18.5 Å². The van der Waals surface area contributed by atoms with Crippen LogP contribution in [-0.4, -0.2) is 34.6 Å². The zero-order valence-corrected chi connectivity index (χ0v) is 19.2. The summed E-state index contributed by atoms with van der Waals surface area (Å²) in [4.78, 5) is 44.1. The molecule has 4 rings (SSSR count). The standard InChI is InChI=1S/C25H23ClN4O4/c26-17-5-3-6-19(15-17)29(14-4-13-27)23(31)16-34-24(32)12-11-22-28-21-8-2-1-7-20(21)25(33)30(22)18-9-10-18/h1-3,5-8,15,18H,4,9-12,14,16H2. The van der Waals surface area contributed by atoms with Crippen LogP contribution in [0.4, 0.5) is 5.69 Å². The Morgan fingerprint density at radius 1 is 1.21 bits per heavy atom. The van der Waals surface area contributed by atoms with Crippen molar-refractivity contribution < 1.29 is 14.3 Å². The highest BCUT2D eigenvalue weighted by Gasteiger charge is 2.28. The molecule has 0 atom stereocenters. The van der Waals surface area contributed by atoms with E-state index >= 15 is 0 Å². The molecule has 3 aromatic rings. The minimum atomic E-state index is -0.565. The fourth-order valence-electron chi connectivity index (χ4n) is 3.79. The summed E-state index contributed by atoms with van der Waals surface area (Å²) in [5.74, 6) is -0.474. The fourth-order valence-corrected chi connectivity index (χ4v) is 3.97. The van der Waals surface area contributed by atoms with E-state index in [0.717, 1.165) is 12.8 Å². The van der Waals surface area contributed by atoms with Gasteiger partial charge >= 0.3 is 5.97 Å². The van der Waals surface area contributed by atoms with Crippen molar-refractivity contribution in [2.45, 2.75) is 38.1 Å². The molecule has 0 aliphatic heterocycles. The van der Waals surface area contributed by atoms with Crippen LogP contribution in [-0.2, 0) is 20.7 Å². The number of esters is 1. The summed E-state index contributed by atoms with van der Waals surface area (Å²) in [5.41, 5.74) is 1.02. The van der Waals surface area contributed by atoms with Crippen LogP contribution in [0.1, 0.15) is 37.5 Å². The second-order valence-corrected chi connectivity index (χ2v) is 8.48. The molecule has 1 fully saturated rings. The van der Waals surface area contributed by atoms with Gasteiger partial charge in [-0.15, -0.1) is 0 Å². The van der Waals surface area contributed by atoms with E-state index in [0.29, 0.717) is 27.4 Å². The lowest BCUT2D eigenvalue weighted by Crippen LogP contribution is -2.35. The van der Waals surface area contributed by atoms with Gasteiger partial charge in [0.15, 0.2) is 6.61 Å². The van der Waals surface area contributed by atoms with Gasteiger partial charge in [0, 0.05) is 29.7 Å². The average molecular weight is 479 g/mol. The van der Waals surface area contributed by atoms with Crippen molar-refractivity contribution in [3.8, 4) is 6.07 Å². The molecule has 1 aliphatic rings. The van der Waals surface area contributed by atoms with Gasteiger partial charge in [-0.3, -0.25) is 19.0 Å². The smallest absolute Gasteiger partial charge is 0.306 e. The summed E-state index contributed by atoms with van der Waals surface area (Å²) in [6.45, 7) is -0.306. The summed E-state index contributed by atoms with van der Waals surface area (Å²) in [6.07, 6.45) is 2.16. The maximum atomic E-state index is 12.9. The molecule has 2 aromatic carbocycles. The maximum Gasteiger partial charge on any atom is 0.306 e. The van der Waals surface area contributed by atoms with Crippen LogP contribution >= 0.6 is 11.6 Å². The largest absolute Gasteiger partial charge is 0.456 e. The van der Waals surface area contributed by atoms with Crippen LogP contribution in [0.3, 0.4) is 0 Å². The van der Waals surface area contributed by atoms with Crippen molar-refractivity contribution in [3.63, 3.8) is 0 Å². The van der Waals surface area contributed by atoms with E-state index in [9.17, 15) is 14.4 Å². The van der Waals surface area contributed by atoms with Gasteiger partial charge in [0.25, 0.3) is 11.5 Å². The lowest BCUT2D eigenvalue weighted by Gasteiger charge is -2.22. The quantitative estimate of drug-likeness (QED) is 0.433. The Balaban J connectivity index is 1.41. The molecule has 1 aromatic heterocycles. The molecule has 1 aliphatic carbocycles. The second kappa shape index (κ2) is 10.5. The molecule has 0 unspecified atom stereocenters. The molecule has 0 saturated heterocycles. The van der Waals surface area contributed by atoms with Crippen LogP contribution in [0.2, 0.25) is 5.02 Å². The number of amides is 1. The summed E-state index contributed by atoms with van der Waals surface area (Å²) >= 11 is 6.02. The van der Waals surface area contributed by atoms with Gasteiger partial charge in [0.2, 0.25) is 0 Å². The highest BCUT2D eigenvalue weighted by atomic mass is 35.5. The van der Waals surface area contributed by atoms with Crippen molar-refractivity contribution in [1.29, 1.82) is 5.26 Å². The van der Waals surface area contributed by atoms with E-state index in [2.05, 4.69) is 4.98 Å².